The van der Waals surface area contributed by atoms with Crippen LogP contribution in [0.25, 0.3) is 0 Å². The number of hydrogen-bond donors (Lipinski definition) is 1. The first-order valence-corrected chi connectivity index (χ1v) is 4.53. The largest absolute Gasteiger partial charge is 0.493 e. The zero-order chi connectivity index (χ0) is 12.8. The maximum Gasteiger partial charge on any atom is 0.337 e. The highest BCUT2D eigenvalue weighted by Crippen LogP contribution is 2.30. The monoisotopic (exact) mass is 231 g/mol. The van der Waals surface area contributed by atoms with Gasteiger partial charge in [-0.05, 0) is 12.0 Å². The van der Waals surface area contributed by atoms with Gasteiger partial charge in [0.1, 0.15) is 0 Å². The van der Waals surface area contributed by atoms with Crippen LogP contribution in [0.15, 0.2) is 12.1 Å². The van der Waals surface area contributed by atoms with Gasteiger partial charge in [0.2, 0.25) is 0 Å². The third kappa shape index (κ3) is 2.67. The first-order valence-electron chi connectivity index (χ1n) is 4.53. The van der Waals surface area contributed by atoms with Crippen molar-refractivity contribution in [1.82, 2.24) is 0 Å². The third-order valence-electron chi connectivity index (χ3n) is 2.01. The quantitative estimate of drug-likeness (QED) is 0.792. The van der Waals surface area contributed by atoms with Crippen molar-refractivity contribution in [2.45, 2.75) is 0 Å². The van der Waals surface area contributed by atoms with Crippen LogP contribution >= 0.6 is 0 Å². The number of methoxy groups -OCH3 is 2. The van der Waals surface area contributed by atoms with Crippen LogP contribution < -0.4 is 9.47 Å². The van der Waals surface area contributed by atoms with Crippen LogP contribution in [-0.2, 0) is 0 Å². The van der Waals surface area contributed by atoms with E-state index in [0.717, 1.165) is 0 Å². The second-order valence-corrected chi connectivity index (χ2v) is 2.92. The summed E-state index contributed by atoms with van der Waals surface area (Å²) in [5.41, 5.74) is 0.169. The smallest absolute Gasteiger partial charge is 0.337 e. The second-order valence-electron chi connectivity index (χ2n) is 2.92. The predicted octanol–water partition coefficient (Wildman–Crippen LogP) is 1.28. The molecule has 0 bridgehead atoms. The number of benzene rings is 1. The molecule has 1 aromatic rings. The summed E-state index contributed by atoms with van der Waals surface area (Å²) >= 11 is 0. The van der Waals surface area contributed by atoms with Crippen LogP contribution in [0.5, 0.6) is 11.5 Å². The molecule has 0 unspecified atom stereocenters. The van der Waals surface area contributed by atoms with E-state index in [2.05, 4.69) is 11.8 Å². The fraction of sp³-hybridized carbons (Fsp3) is 0.167. The normalized spacial score (nSPS) is 8.53. The van der Waals surface area contributed by atoms with Crippen LogP contribution in [0.4, 0.5) is 0 Å². The topological polar surface area (TPSA) is 79.5 Å². The van der Waals surface area contributed by atoms with Gasteiger partial charge in [0.25, 0.3) is 0 Å². The van der Waals surface area contributed by atoms with Crippen LogP contribution in [-0.4, -0.2) is 25.3 Å². The number of nitriles is 1. The Kier molecular flexibility index (Phi) is 3.96. The van der Waals surface area contributed by atoms with E-state index in [1.54, 1.807) is 6.07 Å². The van der Waals surface area contributed by atoms with Crippen molar-refractivity contribution in [3.63, 3.8) is 0 Å². The Morgan fingerprint density at radius 1 is 1.29 bits per heavy atom. The van der Waals surface area contributed by atoms with Crippen LogP contribution in [0.1, 0.15) is 15.9 Å². The average Bonchev–Trinajstić information content (AvgIpc) is 2.34. The minimum atomic E-state index is -1.15. The molecule has 0 aromatic heterocycles. The number of hydrogen-bond acceptors (Lipinski definition) is 4. The van der Waals surface area contributed by atoms with Gasteiger partial charge in [0.05, 0.1) is 19.8 Å². The first-order chi connectivity index (χ1) is 8.13. The maximum atomic E-state index is 11.0. The van der Waals surface area contributed by atoms with E-state index in [1.165, 1.54) is 26.4 Å². The molecular formula is C12H9NO4. The van der Waals surface area contributed by atoms with Crippen LogP contribution in [0.2, 0.25) is 0 Å². The van der Waals surface area contributed by atoms with Crippen molar-refractivity contribution in [2.24, 2.45) is 0 Å². The van der Waals surface area contributed by atoms with Gasteiger partial charge in [-0.25, -0.2) is 4.79 Å². The number of nitrogens with zero attached hydrogens (tertiary/aromatic N) is 1. The second kappa shape index (κ2) is 5.43. The summed E-state index contributed by atoms with van der Waals surface area (Å²) in [5.74, 6) is 4.10. The Balaban J connectivity index is 3.46. The lowest BCUT2D eigenvalue weighted by Gasteiger charge is -2.09. The molecule has 5 heteroatoms. The average molecular weight is 231 g/mol. The zero-order valence-electron chi connectivity index (χ0n) is 9.27. The van der Waals surface area contributed by atoms with Crippen molar-refractivity contribution in [2.75, 3.05) is 14.2 Å². The van der Waals surface area contributed by atoms with E-state index >= 15 is 0 Å². The summed E-state index contributed by atoms with van der Waals surface area (Å²) < 4.78 is 10.0. The lowest BCUT2D eigenvalue weighted by atomic mass is 10.1. The van der Waals surface area contributed by atoms with Gasteiger partial charge in [0.15, 0.2) is 17.6 Å². The highest BCUT2D eigenvalue weighted by Gasteiger charge is 2.14. The number of rotatable bonds is 3. The summed E-state index contributed by atoms with van der Waals surface area (Å²) in [7, 11) is 2.84. The highest BCUT2D eigenvalue weighted by atomic mass is 16.5. The molecule has 0 radical (unpaired) electrons. The SMILES string of the molecule is COc1cc(C#CC#N)c(C(=O)O)cc1OC. The Hall–Kier alpha value is -2.66. The molecular weight excluding hydrogens is 222 g/mol. The third-order valence-corrected chi connectivity index (χ3v) is 2.01. The minimum absolute atomic E-state index is 0.0367. The van der Waals surface area contributed by atoms with Crippen molar-refractivity contribution < 1.29 is 19.4 Å². The van der Waals surface area contributed by atoms with Gasteiger partial charge in [-0.3, -0.25) is 0 Å². The van der Waals surface area contributed by atoms with E-state index in [-0.39, 0.29) is 11.1 Å². The van der Waals surface area contributed by atoms with E-state index in [0.29, 0.717) is 11.5 Å². The number of carboxylic acid groups (broad SMARTS) is 1. The molecule has 0 aliphatic rings. The highest BCUT2D eigenvalue weighted by molar-refractivity contribution is 5.92. The molecule has 0 aliphatic heterocycles. The zero-order valence-corrected chi connectivity index (χ0v) is 9.27. The Bertz CT molecular complexity index is 546. The van der Waals surface area contributed by atoms with Gasteiger partial charge in [-0.2, -0.15) is 5.26 Å². The van der Waals surface area contributed by atoms with E-state index < -0.39 is 5.97 Å². The summed E-state index contributed by atoms with van der Waals surface area (Å²) in [4.78, 5) is 11.0. The molecule has 0 saturated carbocycles. The molecule has 0 aliphatic carbocycles. The molecule has 0 spiro atoms. The standard InChI is InChI=1S/C12H9NO4/c1-16-10-6-8(4-3-5-13)9(12(14)15)7-11(10)17-2/h6-7H,1-2H3,(H,14,15). The molecule has 0 fully saturated rings. The van der Waals surface area contributed by atoms with Crippen LogP contribution in [0.3, 0.4) is 0 Å². The predicted molar refractivity (Wildman–Crippen MR) is 59.0 cm³/mol. The van der Waals surface area contributed by atoms with Gasteiger partial charge in [0, 0.05) is 17.6 Å². The summed E-state index contributed by atoms with van der Waals surface area (Å²) in [6, 6.07) is 4.35. The molecule has 0 heterocycles. The van der Waals surface area contributed by atoms with Crippen molar-refractivity contribution >= 4 is 5.97 Å². The van der Waals surface area contributed by atoms with Gasteiger partial charge in [-0.15, -0.1) is 0 Å². The molecule has 1 aromatic carbocycles. The minimum Gasteiger partial charge on any atom is -0.493 e. The van der Waals surface area contributed by atoms with Crippen molar-refractivity contribution in [3.05, 3.63) is 23.3 Å². The van der Waals surface area contributed by atoms with E-state index in [4.69, 9.17) is 19.8 Å². The Morgan fingerprint density at radius 2 is 1.88 bits per heavy atom. The molecule has 17 heavy (non-hydrogen) atoms. The fourth-order valence-electron chi connectivity index (χ4n) is 1.25. The van der Waals surface area contributed by atoms with Crippen LogP contribution in [0, 0.1) is 23.2 Å². The lowest BCUT2D eigenvalue weighted by Crippen LogP contribution is -2.02. The van der Waals surface area contributed by atoms with Crippen molar-refractivity contribution in [1.29, 1.82) is 5.26 Å². The summed E-state index contributed by atoms with van der Waals surface area (Å²) in [5, 5.41) is 17.4. The van der Waals surface area contributed by atoms with Crippen molar-refractivity contribution in [3.8, 4) is 29.4 Å². The van der Waals surface area contributed by atoms with E-state index in [9.17, 15) is 4.79 Å². The van der Waals surface area contributed by atoms with Gasteiger partial charge in [-0.1, -0.05) is 0 Å². The molecule has 0 amide bonds. The number of ether oxygens (including phenoxy) is 2. The summed E-state index contributed by atoms with van der Waals surface area (Å²) in [6.07, 6.45) is 0. The maximum absolute atomic E-state index is 11.0. The summed E-state index contributed by atoms with van der Waals surface area (Å²) in [6.45, 7) is 0. The molecule has 1 N–H and O–H groups in total. The molecule has 0 atom stereocenters. The molecule has 1 rings (SSSR count). The lowest BCUT2D eigenvalue weighted by molar-refractivity contribution is 0.0696. The fourth-order valence-corrected chi connectivity index (χ4v) is 1.25. The first kappa shape index (κ1) is 12.4. The van der Waals surface area contributed by atoms with E-state index in [1.807, 2.05) is 0 Å². The molecule has 86 valence electrons. The number of aromatic carboxylic acids is 1. The number of carbonyl (C=O) groups is 1. The van der Waals surface area contributed by atoms with Gasteiger partial charge >= 0.3 is 5.97 Å². The molecule has 5 nitrogen and oxygen atoms in total. The number of carboxylic acids is 1. The molecule has 0 saturated heterocycles. The van der Waals surface area contributed by atoms with Gasteiger partial charge < -0.3 is 14.6 Å². The Morgan fingerprint density at radius 3 is 2.35 bits per heavy atom. The Labute approximate surface area is 98.2 Å².